The molecule has 1 aromatic carbocycles. The molecule has 8 nitrogen and oxygen atoms in total. The van der Waals surface area contributed by atoms with Crippen molar-refractivity contribution in [2.24, 2.45) is 0 Å². The van der Waals surface area contributed by atoms with Gasteiger partial charge in [0.15, 0.2) is 5.13 Å². The maximum Gasteiger partial charge on any atom is 0.416 e. The molecular weight excluding hydrogens is 469 g/mol. The fourth-order valence-corrected chi connectivity index (χ4v) is 4.40. The lowest BCUT2D eigenvalue weighted by Gasteiger charge is -2.17. The number of halogens is 3. The number of aryl methyl sites for hydroxylation is 2. The summed E-state index contributed by atoms with van der Waals surface area (Å²) in [5.41, 5.74) is 1.76. The first-order chi connectivity index (χ1) is 16.1. The number of rotatable bonds is 6. The number of urea groups is 1. The molecule has 4 rings (SSSR count). The molecule has 0 bridgehead atoms. The van der Waals surface area contributed by atoms with Crippen LogP contribution in [0.3, 0.4) is 0 Å². The van der Waals surface area contributed by atoms with Gasteiger partial charge in [0, 0.05) is 25.8 Å². The number of nitrogens with zero attached hydrogens (tertiary/aromatic N) is 5. The SMILES string of the molecule is Cc1cnc(CNC(=O)c2sc(N3CCN(Cc4ccc(C(F)(F)F)cc4)C3=O)nc2C)cn1. The van der Waals surface area contributed by atoms with Gasteiger partial charge in [-0.05, 0) is 31.5 Å². The van der Waals surface area contributed by atoms with Gasteiger partial charge in [-0.3, -0.25) is 19.7 Å². The number of nitrogens with one attached hydrogen (secondary N) is 1. The van der Waals surface area contributed by atoms with Crippen LogP contribution in [0.5, 0.6) is 0 Å². The zero-order valence-corrected chi connectivity index (χ0v) is 19.2. The predicted molar refractivity (Wildman–Crippen MR) is 119 cm³/mol. The minimum absolute atomic E-state index is 0.183. The highest BCUT2D eigenvalue weighted by atomic mass is 32.1. The third-order valence-corrected chi connectivity index (χ3v) is 6.42. The molecule has 178 valence electrons. The van der Waals surface area contributed by atoms with E-state index in [0.717, 1.165) is 29.2 Å². The van der Waals surface area contributed by atoms with Crippen molar-refractivity contribution in [1.29, 1.82) is 0 Å². The summed E-state index contributed by atoms with van der Waals surface area (Å²) < 4.78 is 38.3. The molecule has 0 spiro atoms. The van der Waals surface area contributed by atoms with E-state index in [4.69, 9.17) is 0 Å². The number of hydrogen-bond donors (Lipinski definition) is 1. The highest BCUT2D eigenvalue weighted by molar-refractivity contribution is 7.17. The Labute approximate surface area is 197 Å². The van der Waals surface area contributed by atoms with Crippen molar-refractivity contribution >= 4 is 28.4 Å². The van der Waals surface area contributed by atoms with E-state index < -0.39 is 11.7 Å². The Bertz CT molecular complexity index is 1190. The number of alkyl halides is 3. The van der Waals surface area contributed by atoms with Gasteiger partial charge in [0.25, 0.3) is 5.91 Å². The molecule has 0 radical (unpaired) electrons. The number of carbonyl (C=O) groups is 2. The van der Waals surface area contributed by atoms with Crippen molar-refractivity contribution in [2.45, 2.75) is 33.1 Å². The van der Waals surface area contributed by atoms with Gasteiger partial charge in [0.05, 0.1) is 35.4 Å². The minimum atomic E-state index is -4.40. The second-order valence-electron chi connectivity index (χ2n) is 7.79. The van der Waals surface area contributed by atoms with Crippen molar-refractivity contribution in [3.63, 3.8) is 0 Å². The van der Waals surface area contributed by atoms with Crippen LogP contribution in [0.2, 0.25) is 0 Å². The van der Waals surface area contributed by atoms with E-state index in [9.17, 15) is 22.8 Å². The van der Waals surface area contributed by atoms with Crippen LogP contribution >= 0.6 is 11.3 Å². The first kappa shape index (κ1) is 23.6. The van der Waals surface area contributed by atoms with E-state index in [1.807, 2.05) is 6.92 Å². The van der Waals surface area contributed by atoms with Crippen molar-refractivity contribution in [3.05, 3.63) is 69.7 Å². The molecule has 12 heteroatoms. The lowest BCUT2D eigenvalue weighted by molar-refractivity contribution is -0.137. The van der Waals surface area contributed by atoms with Crippen LogP contribution in [-0.2, 0) is 19.3 Å². The molecule has 3 heterocycles. The summed E-state index contributed by atoms with van der Waals surface area (Å²) in [4.78, 5) is 41.7. The van der Waals surface area contributed by atoms with E-state index in [-0.39, 0.29) is 25.0 Å². The monoisotopic (exact) mass is 490 g/mol. The molecule has 34 heavy (non-hydrogen) atoms. The summed E-state index contributed by atoms with van der Waals surface area (Å²) in [6.45, 7) is 4.67. The molecule has 0 saturated carbocycles. The van der Waals surface area contributed by atoms with E-state index in [2.05, 4.69) is 20.3 Å². The van der Waals surface area contributed by atoms with Gasteiger partial charge < -0.3 is 10.2 Å². The van der Waals surface area contributed by atoms with Gasteiger partial charge in [-0.1, -0.05) is 23.5 Å². The maximum atomic E-state index is 12.9. The first-order valence-corrected chi connectivity index (χ1v) is 11.2. The molecule has 3 amide bonds. The summed E-state index contributed by atoms with van der Waals surface area (Å²) in [5.74, 6) is -0.322. The van der Waals surface area contributed by atoms with Gasteiger partial charge in [0.2, 0.25) is 0 Å². The lowest BCUT2D eigenvalue weighted by atomic mass is 10.1. The predicted octanol–water partition coefficient (Wildman–Crippen LogP) is 3.94. The van der Waals surface area contributed by atoms with Crippen molar-refractivity contribution in [1.82, 2.24) is 25.2 Å². The molecule has 2 aromatic heterocycles. The molecule has 0 unspecified atom stereocenters. The first-order valence-electron chi connectivity index (χ1n) is 10.4. The molecule has 3 aromatic rings. The van der Waals surface area contributed by atoms with Crippen molar-refractivity contribution in [3.8, 4) is 0 Å². The smallest absolute Gasteiger partial charge is 0.346 e. The van der Waals surface area contributed by atoms with Crippen molar-refractivity contribution < 1.29 is 22.8 Å². The molecule has 1 fully saturated rings. The number of hydrogen-bond acceptors (Lipinski definition) is 6. The van der Waals surface area contributed by atoms with Gasteiger partial charge in [-0.15, -0.1) is 0 Å². The zero-order valence-electron chi connectivity index (χ0n) is 18.4. The van der Waals surface area contributed by atoms with E-state index in [1.165, 1.54) is 21.9 Å². The van der Waals surface area contributed by atoms with E-state index in [0.29, 0.717) is 40.0 Å². The number of amides is 3. The standard InChI is InChI=1S/C22H21F3N6O2S/c1-13-9-27-17(10-26-13)11-28-19(32)18-14(2)29-20(34-18)31-8-7-30(21(31)33)12-15-3-5-16(6-4-15)22(23,24)25/h3-6,9-10H,7-8,11-12H2,1-2H3,(H,28,32). The van der Waals surface area contributed by atoms with Gasteiger partial charge >= 0.3 is 12.2 Å². The Kier molecular flexibility index (Phi) is 6.51. The largest absolute Gasteiger partial charge is 0.416 e. The molecule has 1 aliphatic heterocycles. The molecule has 1 saturated heterocycles. The van der Waals surface area contributed by atoms with Crippen LogP contribution < -0.4 is 10.2 Å². The summed E-state index contributed by atoms with van der Waals surface area (Å²) in [6.07, 6.45) is -1.19. The summed E-state index contributed by atoms with van der Waals surface area (Å²) in [6, 6.07) is 4.44. The fourth-order valence-electron chi connectivity index (χ4n) is 3.40. The number of carbonyl (C=O) groups excluding carboxylic acids is 2. The normalized spacial score (nSPS) is 14.1. The number of aromatic nitrogens is 3. The quantitative estimate of drug-likeness (QED) is 0.565. The van der Waals surface area contributed by atoms with E-state index >= 15 is 0 Å². The third kappa shape index (κ3) is 5.16. The van der Waals surface area contributed by atoms with Crippen LogP contribution in [0.1, 0.15) is 37.9 Å². The highest BCUT2D eigenvalue weighted by Gasteiger charge is 2.33. The van der Waals surface area contributed by atoms with Crippen LogP contribution in [0.4, 0.5) is 23.1 Å². The Morgan fingerprint density at radius 3 is 2.50 bits per heavy atom. The second-order valence-corrected chi connectivity index (χ2v) is 8.77. The second kappa shape index (κ2) is 9.37. The third-order valence-electron chi connectivity index (χ3n) is 5.24. The minimum Gasteiger partial charge on any atom is -0.346 e. The van der Waals surface area contributed by atoms with Crippen molar-refractivity contribution in [2.75, 3.05) is 18.0 Å². The maximum absolute atomic E-state index is 12.9. The Balaban J connectivity index is 1.39. The highest BCUT2D eigenvalue weighted by Crippen LogP contribution is 2.31. The molecule has 0 atom stereocenters. The Morgan fingerprint density at radius 2 is 1.85 bits per heavy atom. The summed E-state index contributed by atoms with van der Waals surface area (Å²) in [7, 11) is 0. The molecule has 1 N–H and O–H groups in total. The molecule has 1 aliphatic rings. The van der Waals surface area contributed by atoms with Gasteiger partial charge in [-0.25, -0.2) is 9.78 Å². The Hall–Kier alpha value is -3.54. The number of thiazole rings is 1. The molecular formula is C22H21F3N6O2S. The van der Waals surface area contributed by atoms with Crippen LogP contribution in [0.15, 0.2) is 36.7 Å². The van der Waals surface area contributed by atoms with Gasteiger partial charge in [0.1, 0.15) is 4.88 Å². The van der Waals surface area contributed by atoms with Gasteiger partial charge in [-0.2, -0.15) is 13.2 Å². The lowest BCUT2D eigenvalue weighted by Crippen LogP contribution is -2.31. The Morgan fingerprint density at radius 1 is 1.12 bits per heavy atom. The van der Waals surface area contributed by atoms with E-state index in [1.54, 1.807) is 19.3 Å². The average Bonchev–Trinajstić information content (AvgIpc) is 3.35. The topological polar surface area (TPSA) is 91.3 Å². The van der Waals surface area contributed by atoms with Crippen LogP contribution in [-0.4, -0.2) is 44.9 Å². The number of anilines is 1. The average molecular weight is 491 g/mol. The summed E-state index contributed by atoms with van der Waals surface area (Å²) in [5, 5.41) is 3.18. The number of benzene rings is 1. The fraction of sp³-hybridized carbons (Fsp3) is 0.318. The van der Waals surface area contributed by atoms with Crippen LogP contribution in [0, 0.1) is 13.8 Å². The molecule has 0 aliphatic carbocycles. The zero-order chi connectivity index (χ0) is 24.5. The summed E-state index contributed by atoms with van der Waals surface area (Å²) >= 11 is 1.11. The van der Waals surface area contributed by atoms with Crippen LogP contribution in [0.25, 0.3) is 0 Å².